The van der Waals surface area contributed by atoms with Crippen molar-refractivity contribution in [3.63, 3.8) is 0 Å². The van der Waals surface area contributed by atoms with E-state index in [1.165, 1.54) is 30.3 Å². The van der Waals surface area contributed by atoms with Gasteiger partial charge in [0.1, 0.15) is 12.1 Å². The van der Waals surface area contributed by atoms with Crippen LogP contribution in [0, 0.1) is 36.5 Å². The number of carbonyl (C=O) groups excluding carboxylic acids is 3. The number of thiazole rings is 1. The van der Waals surface area contributed by atoms with E-state index in [1.54, 1.807) is 35.2 Å². The van der Waals surface area contributed by atoms with E-state index in [-0.39, 0.29) is 44.7 Å². The summed E-state index contributed by atoms with van der Waals surface area (Å²) in [6, 6.07) is 6.73. The Morgan fingerprint density at radius 1 is 1.04 bits per heavy atom. The molecule has 0 saturated heterocycles. The van der Waals surface area contributed by atoms with Crippen LogP contribution in [0.3, 0.4) is 0 Å². The lowest BCUT2D eigenvalue weighted by atomic mass is 9.82. The lowest BCUT2D eigenvalue weighted by Crippen LogP contribution is -2.57. The fourth-order valence-electron chi connectivity index (χ4n) is 6.66. The third-order valence-electron chi connectivity index (χ3n) is 9.70. The number of aliphatic hydroxyl groups excluding tert-OH is 2. The molecule has 0 aliphatic heterocycles. The largest absolute Gasteiger partial charge is 0.401 e. The van der Waals surface area contributed by atoms with Gasteiger partial charge >= 0.3 is 6.18 Å². The molecule has 3 rings (SSSR count). The van der Waals surface area contributed by atoms with Crippen LogP contribution in [0.5, 0.6) is 0 Å². The first-order valence-electron chi connectivity index (χ1n) is 18.0. The molecule has 1 aliphatic rings. The molecule has 53 heavy (non-hydrogen) atoms. The topological polar surface area (TPSA) is 135 Å². The van der Waals surface area contributed by atoms with Gasteiger partial charge in [0.15, 0.2) is 0 Å². The molecule has 0 spiro atoms. The summed E-state index contributed by atoms with van der Waals surface area (Å²) in [6.45, 7) is -1.17. The second-order valence-corrected chi connectivity index (χ2v) is 14.7. The Labute approximate surface area is 314 Å². The molecule has 1 heterocycles. The molecule has 0 radical (unpaired) electrons. The molecule has 6 atom stereocenters. The lowest BCUT2D eigenvalue weighted by molar-refractivity contribution is -0.144. The molecule has 1 unspecified atom stereocenters. The quantitative estimate of drug-likeness (QED) is 0.149. The van der Waals surface area contributed by atoms with Gasteiger partial charge in [-0.15, -0.1) is 30.1 Å². The number of hydrogen-bond acceptors (Lipinski definition) is 8. The maximum Gasteiger partial charge on any atom is 0.401 e. The highest BCUT2D eigenvalue weighted by Crippen LogP contribution is 2.29. The molecule has 1 aliphatic carbocycles. The molecule has 1 fully saturated rings. The number of rotatable bonds is 20. The number of nitrogens with zero attached hydrogens (tertiary/aromatic N) is 3. The van der Waals surface area contributed by atoms with Crippen LogP contribution in [-0.4, -0.2) is 107 Å². The maximum absolute atomic E-state index is 14.3. The summed E-state index contributed by atoms with van der Waals surface area (Å²) in [4.78, 5) is 48.6. The van der Waals surface area contributed by atoms with E-state index in [2.05, 4.69) is 27.5 Å². The van der Waals surface area contributed by atoms with E-state index >= 15 is 0 Å². The predicted octanol–water partition coefficient (Wildman–Crippen LogP) is 4.14. The second kappa shape index (κ2) is 21.7. The monoisotopic (exact) mass is 759 g/mol. The van der Waals surface area contributed by atoms with Crippen LogP contribution < -0.4 is 10.6 Å². The second-order valence-electron chi connectivity index (χ2n) is 14.0. The van der Waals surface area contributed by atoms with Crippen LogP contribution in [0.25, 0.3) is 0 Å². The third-order valence-corrected chi connectivity index (χ3v) is 10.3. The van der Waals surface area contributed by atoms with Crippen molar-refractivity contribution < 1.29 is 37.8 Å². The summed E-state index contributed by atoms with van der Waals surface area (Å²) in [7, 11) is 2.77. The number of alkyl halides is 3. The highest BCUT2D eigenvalue weighted by atomic mass is 32.1. The zero-order valence-corrected chi connectivity index (χ0v) is 31.2. The van der Waals surface area contributed by atoms with Crippen LogP contribution in [0.1, 0.15) is 75.0 Å². The van der Waals surface area contributed by atoms with Gasteiger partial charge in [-0.1, -0.05) is 68.4 Å². The lowest BCUT2D eigenvalue weighted by Gasteiger charge is -2.34. The molecule has 1 saturated carbocycles. The summed E-state index contributed by atoms with van der Waals surface area (Å²) in [6.07, 6.45) is 9.97. The first kappa shape index (κ1) is 43.5. The SMILES string of the molecule is C#CCC[C@H](O)[C@H](O)[C@H](CC1CCCCC1)NC(=O)[C@@H](NC(=O)[C@@H](CC(=O)N(C)CCN(C)CC(F)(F)F)Cc1ccccc1)C(C#C)c1cscn1. The average Bonchev–Trinajstić information content (AvgIpc) is 3.66. The molecule has 3 amide bonds. The van der Waals surface area contributed by atoms with Crippen LogP contribution in [-0.2, 0) is 20.8 Å². The van der Waals surface area contributed by atoms with Gasteiger partial charge in [0.2, 0.25) is 17.7 Å². The van der Waals surface area contributed by atoms with Gasteiger partial charge in [0, 0.05) is 38.4 Å². The molecule has 1 aromatic carbocycles. The molecule has 0 bridgehead atoms. The average molecular weight is 760 g/mol. The summed E-state index contributed by atoms with van der Waals surface area (Å²) in [5.74, 6) is 1.44. The first-order valence-corrected chi connectivity index (χ1v) is 18.9. The van der Waals surface area contributed by atoms with Crippen molar-refractivity contribution in [2.75, 3.05) is 33.7 Å². The molecule has 14 heteroatoms. The van der Waals surface area contributed by atoms with Crippen LogP contribution in [0.15, 0.2) is 41.2 Å². The van der Waals surface area contributed by atoms with E-state index < -0.39 is 66.6 Å². The van der Waals surface area contributed by atoms with Gasteiger partial charge in [0.25, 0.3) is 0 Å². The Kier molecular flexibility index (Phi) is 17.8. The maximum atomic E-state index is 14.3. The van der Waals surface area contributed by atoms with Crippen molar-refractivity contribution >= 4 is 29.1 Å². The van der Waals surface area contributed by atoms with Gasteiger partial charge in [-0.25, -0.2) is 4.98 Å². The highest BCUT2D eigenvalue weighted by molar-refractivity contribution is 7.07. The van der Waals surface area contributed by atoms with Crippen molar-refractivity contribution in [1.82, 2.24) is 25.4 Å². The summed E-state index contributed by atoms with van der Waals surface area (Å²) >= 11 is 1.26. The Morgan fingerprint density at radius 3 is 2.34 bits per heavy atom. The molecule has 1 aromatic heterocycles. The van der Waals surface area contributed by atoms with Crippen molar-refractivity contribution in [2.45, 2.75) is 101 Å². The Morgan fingerprint density at radius 2 is 1.74 bits per heavy atom. The van der Waals surface area contributed by atoms with Gasteiger partial charge in [-0.3, -0.25) is 19.3 Å². The zero-order valence-electron chi connectivity index (χ0n) is 30.4. The number of benzene rings is 1. The van der Waals surface area contributed by atoms with Crippen LogP contribution >= 0.6 is 11.3 Å². The van der Waals surface area contributed by atoms with Crippen molar-refractivity contribution in [1.29, 1.82) is 0 Å². The number of nitrogens with one attached hydrogen (secondary N) is 2. The molecule has 4 N–H and O–H groups in total. The van der Waals surface area contributed by atoms with E-state index in [0.29, 0.717) is 12.1 Å². The summed E-state index contributed by atoms with van der Waals surface area (Å²) in [5.41, 5.74) is 2.67. The van der Waals surface area contributed by atoms with Crippen molar-refractivity contribution in [2.24, 2.45) is 11.8 Å². The summed E-state index contributed by atoms with van der Waals surface area (Å²) in [5, 5.41) is 29.5. The predicted molar refractivity (Wildman–Crippen MR) is 198 cm³/mol. The van der Waals surface area contributed by atoms with Crippen molar-refractivity contribution in [3.8, 4) is 24.7 Å². The smallest absolute Gasteiger partial charge is 0.390 e. The van der Waals surface area contributed by atoms with Crippen molar-refractivity contribution in [3.05, 3.63) is 52.5 Å². The Balaban J connectivity index is 1.89. The summed E-state index contributed by atoms with van der Waals surface area (Å²) < 4.78 is 38.5. The minimum absolute atomic E-state index is 0.00296. The first-order chi connectivity index (χ1) is 25.2. The van der Waals surface area contributed by atoms with E-state index in [4.69, 9.17) is 12.8 Å². The number of likely N-dealkylation sites (N-methyl/N-ethyl adjacent to an activating group) is 2. The Bertz CT molecular complexity index is 1510. The van der Waals surface area contributed by atoms with Gasteiger partial charge in [-0.2, -0.15) is 13.2 Å². The van der Waals surface area contributed by atoms with E-state index in [0.717, 1.165) is 42.6 Å². The molecular formula is C39H52F3N5O5S. The number of carbonyl (C=O) groups is 3. The zero-order chi connectivity index (χ0) is 39.0. The normalized spacial score (nSPS) is 17.0. The highest BCUT2D eigenvalue weighted by Gasteiger charge is 2.38. The van der Waals surface area contributed by atoms with E-state index in [9.17, 15) is 37.8 Å². The number of halogens is 3. The van der Waals surface area contributed by atoms with Crippen LogP contribution in [0.4, 0.5) is 13.2 Å². The minimum atomic E-state index is -4.39. The minimum Gasteiger partial charge on any atom is -0.390 e. The third kappa shape index (κ3) is 14.8. The number of terminal acetylenes is 2. The number of hydrogen-bond donors (Lipinski definition) is 4. The number of aliphatic hydroxyl groups is 2. The molecular weight excluding hydrogens is 708 g/mol. The molecule has 10 nitrogen and oxygen atoms in total. The molecule has 2 aromatic rings. The van der Waals surface area contributed by atoms with Crippen LogP contribution in [0.2, 0.25) is 0 Å². The van der Waals surface area contributed by atoms with E-state index in [1.807, 2.05) is 6.07 Å². The molecule has 290 valence electrons. The standard InChI is InChI=1S/C39H52F3N5O5S/c1-5-7-18-33(48)36(50)31(22-28-16-12-9-13-17-28)44-38(52)35(30(6-2)32-24-53-26-43-32)45-37(51)29(21-27-14-10-8-11-15-27)23-34(49)47(4)20-19-46(3)25-39(40,41)42/h1-2,8,10-11,14-15,24,26,28-31,33,35-36,48,50H,7,9,12-13,16-23,25H2,3-4H3,(H,44,52)(H,45,51)/t29-,30?,31+,33+,35+,36-/m1/s1. The number of aromatic nitrogens is 1. The van der Waals surface area contributed by atoms with Gasteiger partial charge in [0.05, 0.1) is 41.7 Å². The van der Waals surface area contributed by atoms with Gasteiger partial charge < -0.3 is 25.7 Å². The number of amides is 3. The van der Waals surface area contributed by atoms with Gasteiger partial charge in [-0.05, 0) is 37.8 Å². The fraction of sp³-hybridized carbons (Fsp3) is 0.590. The fourth-order valence-corrected chi connectivity index (χ4v) is 7.25. The Hall–Kier alpha value is -3.95.